The smallest absolute Gasteiger partial charge is 0.242 e. The molecular weight excluding hydrogens is 320 g/mol. The normalized spacial score (nSPS) is 17.5. The molecule has 8 heteroatoms. The molecule has 1 aliphatic rings. The maximum absolute atomic E-state index is 12.6. The summed E-state index contributed by atoms with van der Waals surface area (Å²) in [6.45, 7) is 12.1. The van der Waals surface area contributed by atoms with Crippen LogP contribution in [-0.4, -0.2) is 76.7 Å². The van der Waals surface area contributed by atoms with Crippen LogP contribution in [0.25, 0.3) is 0 Å². The van der Waals surface area contributed by atoms with Crippen molar-refractivity contribution in [2.75, 3.05) is 44.6 Å². The Morgan fingerprint density at radius 1 is 1.20 bits per heavy atom. The zero-order chi connectivity index (χ0) is 18.4. The largest absolute Gasteiger partial charge is 0.355 e. The molecule has 0 aromatic carbocycles. The molecule has 1 fully saturated rings. The quantitative estimate of drug-likeness (QED) is 0.750. The SMILES string of the molecule is CCNC(=O)CN1CCN([C@H](C)C(=O)Nc2ccnn2C(C)C)CC1. The number of anilines is 1. The second kappa shape index (κ2) is 8.96. The van der Waals surface area contributed by atoms with Crippen LogP contribution >= 0.6 is 0 Å². The summed E-state index contributed by atoms with van der Waals surface area (Å²) in [6, 6.07) is 1.79. The van der Waals surface area contributed by atoms with Gasteiger partial charge in [0.25, 0.3) is 0 Å². The number of amides is 2. The number of carbonyl (C=O) groups is 2. The molecule has 1 aromatic rings. The molecule has 140 valence electrons. The van der Waals surface area contributed by atoms with E-state index in [0.29, 0.717) is 13.1 Å². The first-order valence-electron chi connectivity index (χ1n) is 8.99. The lowest BCUT2D eigenvalue weighted by molar-refractivity contribution is -0.124. The van der Waals surface area contributed by atoms with E-state index < -0.39 is 0 Å². The number of likely N-dealkylation sites (N-methyl/N-ethyl adjacent to an activating group) is 1. The molecule has 2 amide bonds. The van der Waals surface area contributed by atoms with E-state index in [1.807, 2.05) is 33.8 Å². The van der Waals surface area contributed by atoms with Gasteiger partial charge in [0.2, 0.25) is 11.8 Å². The molecule has 1 aromatic heterocycles. The fraction of sp³-hybridized carbons (Fsp3) is 0.706. The molecular formula is C17H30N6O2. The van der Waals surface area contributed by atoms with Crippen LogP contribution in [0.3, 0.4) is 0 Å². The number of hydrogen-bond donors (Lipinski definition) is 2. The number of hydrogen-bond acceptors (Lipinski definition) is 5. The highest BCUT2D eigenvalue weighted by Crippen LogP contribution is 2.14. The van der Waals surface area contributed by atoms with Crippen molar-refractivity contribution in [1.29, 1.82) is 0 Å². The van der Waals surface area contributed by atoms with E-state index in [4.69, 9.17) is 0 Å². The summed E-state index contributed by atoms with van der Waals surface area (Å²) in [5.74, 6) is 0.755. The third-order valence-electron chi connectivity index (χ3n) is 4.49. The summed E-state index contributed by atoms with van der Waals surface area (Å²) in [5, 5.41) is 10.0. The highest BCUT2D eigenvalue weighted by Gasteiger charge is 2.26. The third kappa shape index (κ3) is 5.27. The minimum absolute atomic E-state index is 0.0282. The van der Waals surface area contributed by atoms with Gasteiger partial charge in [-0.25, -0.2) is 4.68 Å². The predicted molar refractivity (Wildman–Crippen MR) is 97.4 cm³/mol. The Balaban J connectivity index is 1.83. The Bertz CT molecular complexity index is 577. The zero-order valence-electron chi connectivity index (χ0n) is 15.7. The van der Waals surface area contributed by atoms with Crippen molar-refractivity contribution in [2.24, 2.45) is 0 Å². The molecule has 25 heavy (non-hydrogen) atoms. The second-order valence-electron chi connectivity index (χ2n) is 6.69. The van der Waals surface area contributed by atoms with Crippen molar-refractivity contribution >= 4 is 17.6 Å². The lowest BCUT2D eigenvalue weighted by atomic mass is 10.2. The molecule has 1 saturated heterocycles. The van der Waals surface area contributed by atoms with Gasteiger partial charge in [-0.15, -0.1) is 0 Å². The van der Waals surface area contributed by atoms with Gasteiger partial charge in [0.05, 0.1) is 18.8 Å². The minimum Gasteiger partial charge on any atom is -0.355 e. The van der Waals surface area contributed by atoms with E-state index in [0.717, 1.165) is 32.0 Å². The van der Waals surface area contributed by atoms with Crippen molar-refractivity contribution in [3.63, 3.8) is 0 Å². The van der Waals surface area contributed by atoms with Crippen molar-refractivity contribution < 1.29 is 9.59 Å². The molecule has 0 saturated carbocycles. The summed E-state index contributed by atoms with van der Waals surface area (Å²) in [5.41, 5.74) is 0. The van der Waals surface area contributed by atoms with Gasteiger partial charge in [0, 0.05) is 44.8 Å². The van der Waals surface area contributed by atoms with Gasteiger partial charge in [-0.1, -0.05) is 0 Å². The Morgan fingerprint density at radius 3 is 2.48 bits per heavy atom. The fourth-order valence-corrected chi connectivity index (χ4v) is 2.99. The molecule has 0 spiro atoms. The lowest BCUT2D eigenvalue weighted by Crippen LogP contribution is -2.54. The topological polar surface area (TPSA) is 82.5 Å². The maximum Gasteiger partial charge on any atom is 0.242 e. The Labute approximate surface area is 149 Å². The van der Waals surface area contributed by atoms with E-state index in [1.54, 1.807) is 10.9 Å². The molecule has 2 N–H and O–H groups in total. The van der Waals surface area contributed by atoms with Crippen molar-refractivity contribution in [1.82, 2.24) is 24.9 Å². The first-order chi connectivity index (χ1) is 11.9. The fourth-order valence-electron chi connectivity index (χ4n) is 2.99. The monoisotopic (exact) mass is 350 g/mol. The van der Waals surface area contributed by atoms with E-state index in [-0.39, 0.29) is 23.9 Å². The second-order valence-corrected chi connectivity index (χ2v) is 6.69. The highest BCUT2D eigenvalue weighted by atomic mass is 16.2. The van der Waals surface area contributed by atoms with Crippen LogP contribution in [0.4, 0.5) is 5.82 Å². The number of piperazine rings is 1. The average molecular weight is 350 g/mol. The van der Waals surface area contributed by atoms with E-state index >= 15 is 0 Å². The minimum atomic E-state index is -0.220. The number of nitrogens with zero attached hydrogens (tertiary/aromatic N) is 4. The number of rotatable bonds is 7. The summed E-state index contributed by atoms with van der Waals surface area (Å²) in [6.07, 6.45) is 1.69. The highest BCUT2D eigenvalue weighted by molar-refractivity contribution is 5.93. The van der Waals surface area contributed by atoms with E-state index in [9.17, 15) is 9.59 Å². The van der Waals surface area contributed by atoms with Gasteiger partial charge in [-0.2, -0.15) is 5.10 Å². The van der Waals surface area contributed by atoms with Gasteiger partial charge in [0.15, 0.2) is 0 Å². The summed E-state index contributed by atoms with van der Waals surface area (Å²) >= 11 is 0. The standard InChI is InChI=1S/C17H30N6O2/c1-5-18-16(24)12-21-8-10-22(11-9-21)14(4)17(25)20-15-6-7-19-23(15)13(2)3/h6-7,13-14H,5,8-12H2,1-4H3,(H,18,24)(H,20,25)/t14-/m1/s1. The maximum atomic E-state index is 12.6. The van der Waals surface area contributed by atoms with Gasteiger partial charge < -0.3 is 10.6 Å². The molecule has 0 bridgehead atoms. The van der Waals surface area contributed by atoms with Crippen LogP contribution in [0.15, 0.2) is 12.3 Å². The molecule has 2 heterocycles. The summed E-state index contributed by atoms with van der Waals surface area (Å²) in [7, 11) is 0. The molecule has 1 aliphatic heterocycles. The van der Waals surface area contributed by atoms with Crippen LogP contribution in [-0.2, 0) is 9.59 Å². The van der Waals surface area contributed by atoms with Crippen LogP contribution < -0.4 is 10.6 Å². The zero-order valence-corrected chi connectivity index (χ0v) is 15.7. The van der Waals surface area contributed by atoms with Crippen molar-refractivity contribution in [3.05, 3.63) is 12.3 Å². The van der Waals surface area contributed by atoms with Gasteiger partial charge in [-0.05, 0) is 27.7 Å². The van der Waals surface area contributed by atoms with Crippen LogP contribution in [0, 0.1) is 0 Å². The van der Waals surface area contributed by atoms with Crippen LogP contribution in [0.5, 0.6) is 0 Å². The summed E-state index contributed by atoms with van der Waals surface area (Å²) in [4.78, 5) is 28.5. The molecule has 1 atom stereocenters. The Morgan fingerprint density at radius 2 is 1.88 bits per heavy atom. The molecule has 8 nitrogen and oxygen atoms in total. The van der Waals surface area contributed by atoms with Crippen molar-refractivity contribution in [2.45, 2.75) is 39.8 Å². The average Bonchev–Trinajstić information content (AvgIpc) is 3.03. The van der Waals surface area contributed by atoms with Crippen molar-refractivity contribution in [3.8, 4) is 0 Å². The van der Waals surface area contributed by atoms with Gasteiger partial charge in [-0.3, -0.25) is 19.4 Å². The van der Waals surface area contributed by atoms with E-state index in [1.165, 1.54) is 0 Å². The first kappa shape index (κ1) is 19.4. The Hall–Kier alpha value is -1.93. The van der Waals surface area contributed by atoms with Crippen LogP contribution in [0.2, 0.25) is 0 Å². The molecule has 2 rings (SSSR count). The first-order valence-corrected chi connectivity index (χ1v) is 8.99. The summed E-state index contributed by atoms with van der Waals surface area (Å²) < 4.78 is 1.80. The Kier molecular flexibility index (Phi) is 6.95. The predicted octanol–water partition coefficient (Wildman–Crippen LogP) is 0.545. The van der Waals surface area contributed by atoms with Gasteiger partial charge in [0.1, 0.15) is 5.82 Å². The van der Waals surface area contributed by atoms with Crippen LogP contribution in [0.1, 0.15) is 33.7 Å². The third-order valence-corrected chi connectivity index (χ3v) is 4.49. The van der Waals surface area contributed by atoms with Gasteiger partial charge >= 0.3 is 0 Å². The lowest BCUT2D eigenvalue weighted by Gasteiger charge is -2.37. The van der Waals surface area contributed by atoms with E-state index in [2.05, 4.69) is 25.5 Å². The number of nitrogens with one attached hydrogen (secondary N) is 2. The molecule has 0 radical (unpaired) electrons. The number of aromatic nitrogens is 2. The number of carbonyl (C=O) groups excluding carboxylic acids is 2. The molecule has 0 unspecified atom stereocenters. The molecule has 0 aliphatic carbocycles.